The maximum atomic E-state index is 13.3. The molecule has 0 bridgehead atoms. The topological polar surface area (TPSA) is 208 Å². The first-order valence-corrected chi connectivity index (χ1v) is 15.3. The van der Waals surface area contributed by atoms with E-state index in [1.54, 1.807) is 0 Å². The highest BCUT2D eigenvalue weighted by Crippen LogP contribution is 2.18. The molecule has 3 aromatic carbocycles. The summed E-state index contributed by atoms with van der Waals surface area (Å²) in [4.78, 5) is -0.152. The Bertz CT molecular complexity index is 1450. The number of sulfonamides is 3. The third kappa shape index (κ3) is 8.04. The van der Waals surface area contributed by atoms with Gasteiger partial charge in [0.25, 0.3) is 0 Å². The largest absolute Gasteiger partial charge is 0.399 e. The van der Waals surface area contributed by atoms with Gasteiger partial charge < -0.3 is 17.2 Å². The molecule has 16 heteroatoms. The zero-order valence-corrected chi connectivity index (χ0v) is 23.3. The molecule has 0 spiro atoms. The Morgan fingerprint density at radius 3 is 1.13 bits per heavy atom. The smallest absolute Gasteiger partial charge is 0.243 e. The standard InChI is InChI=1S/C22H28N6O6S3.ClH/c23-17-1-7-20(8-2-17)35(29,30)26-13-15-28(37(33,34)22-11-5-19(25)6-12-22)16-14-27-36(31,32)21-9-3-18(24)4-10-21;/h1-12,26-27H,13-16,23-25H2;1H. The van der Waals surface area contributed by atoms with Crippen molar-refractivity contribution in [3.63, 3.8) is 0 Å². The van der Waals surface area contributed by atoms with Crippen LogP contribution in [0.4, 0.5) is 17.1 Å². The molecule has 12 nitrogen and oxygen atoms in total. The first-order chi connectivity index (χ1) is 17.3. The van der Waals surface area contributed by atoms with Gasteiger partial charge in [-0.1, -0.05) is 0 Å². The predicted molar refractivity (Wildman–Crippen MR) is 149 cm³/mol. The molecule has 0 fully saturated rings. The molecular formula is C22H29ClN6O6S3. The minimum Gasteiger partial charge on any atom is -0.399 e. The normalized spacial score (nSPS) is 12.2. The maximum absolute atomic E-state index is 13.3. The molecule has 8 N–H and O–H groups in total. The second-order valence-electron chi connectivity index (χ2n) is 7.91. The van der Waals surface area contributed by atoms with Crippen LogP contribution < -0.4 is 26.6 Å². The molecule has 0 heterocycles. The van der Waals surface area contributed by atoms with Crippen molar-refractivity contribution in [2.24, 2.45) is 0 Å². The second kappa shape index (κ2) is 12.8. The molecule has 0 aliphatic carbocycles. The van der Waals surface area contributed by atoms with E-state index in [4.69, 9.17) is 17.2 Å². The van der Waals surface area contributed by atoms with Gasteiger partial charge in [0.05, 0.1) is 14.7 Å². The Kier molecular flexibility index (Phi) is 10.5. The van der Waals surface area contributed by atoms with Crippen molar-refractivity contribution in [3.8, 4) is 0 Å². The molecule has 0 aliphatic heterocycles. The van der Waals surface area contributed by atoms with Gasteiger partial charge in [0.2, 0.25) is 30.1 Å². The van der Waals surface area contributed by atoms with Gasteiger partial charge in [-0.2, -0.15) is 4.31 Å². The Balaban J connectivity index is 0.00000507. The summed E-state index contributed by atoms with van der Waals surface area (Å²) in [5.74, 6) is 0. The van der Waals surface area contributed by atoms with Crippen LogP contribution in [-0.2, 0) is 30.1 Å². The zero-order chi connectivity index (χ0) is 27.3. The molecule has 0 saturated heterocycles. The van der Waals surface area contributed by atoms with Gasteiger partial charge in [-0.3, -0.25) is 0 Å². The fraction of sp³-hybridized carbons (Fsp3) is 0.182. The number of nitrogens with zero attached hydrogens (tertiary/aromatic N) is 1. The predicted octanol–water partition coefficient (Wildman–Crippen LogP) is 0.803. The molecule has 0 aromatic heterocycles. The molecule has 0 unspecified atom stereocenters. The summed E-state index contributed by atoms with van der Waals surface area (Å²) < 4.78 is 82.5. The second-order valence-corrected chi connectivity index (χ2v) is 13.4. The molecule has 3 rings (SSSR count). The number of halogens is 1. The van der Waals surface area contributed by atoms with Crippen LogP contribution in [-0.4, -0.2) is 55.7 Å². The summed E-state index contributed by atoms with van der Waals surface area (Å²) in [6.45, 7) is -1.09. The highest BCUT2D eigenvalue weighted by Gasteiger charge is 2.26. The molecule has 0 amide bonds. The van der Waals surface area contributed by atoms with Crippen molar-refractivity contribution in [1.29, 1.82) is 0 Å². The number of nitrogens with one attached hydrogen (secondary N) is 2. The minimum atomic E-state index is -4.12. The van der Waals surface area contributed by atoms with E-state index in [0.29, 0.717) is 17.1 Å². The van der Waals surface area contributed by atoms with Crippen LogP contribution >= 0.6 is 12.4 Å². The van der Waals surface area contributed by atoms with Gasteiger partial charge >= 0.3 is 0 Å². The number of anilines is 3. The minimum absolute atomic E-state index is 0. The van der Waals surface area contributed by atoms with Crippen molar-refractivity contribution in [1.82, 2.24) is 13.7 Å². The highest BCUT2D eigenvalue weighted by molar-refractivity contribution is 7.90. The lowest BCUT2D eigenvalue weighted by molar-refractivity contribution is 0.415. The Morgan fingerprint density at radius 2 is 0.816 bits per heavy atom. The van der Waals surface area contributed by atoms with Gasteiger partial charge in [0.15, 0.2) is 0 Å². The van der Waals surface area contributed by atoms with E-state index >= 15 is 0 Å². The summed E-state index contributed by atoms with van der Waals surface area (Å²) >= 11 is 0. The average Bonchev–Trinajstić information content (AvgIpc) is 2.84. The Morgan fingerprint density at radius 1 is 0.526 bits per heavy atom. The third-order valence-corrected chi connectivity index (χ3v) is 10.1. The van der Waals surface area contributed by atoms with Crippen molar-refractivity contribution in [2.75, 3.05) is 43.4 Å². The van der Waals surface area contributed by atoms with E-state index in [2.05, 4.69) is 9.44 Å². The number of rotatable bonds is 12. The monoisotopic (exact) mass is 604 g/mol. The Labute approximate surface area is 228 Å². The van der Waals surface area contributed by atoms with Crippen LogP contribution in [0.3, 0.4) is 0 Å². The van der Waals surface area contributed by atoms with Crippen molar-refractivity contribution < 1.29 is 25.3 Å². The fourth-order valence-electron chi connectivity index (χ4n) is 3.21. The van der Waals surface area contributed by atoms with Crippen LogP contribution in [0.25, 0.3) is 0 Å². The van der Waals surface area contributed by atoms with Crippen LogP contribution in [0.1, 0.15) is 0 Å². The van der Waals surface area contributed by atoms with Gasteiger partial charge in [0, 0.05) is 43.2 Å². The molecule has 0 aliphatic rings. The van der Waals surface area contributed by atoms with E-state index in [0.717, 1.165) is 4.31 Å². The highest BCUT2D eigenvalue weighted by atomic mass is 35.5. The molecule has 3 aromatic rings. The van der Waals surface area contributed by atoms with E-state index in [9.17, 15) is 25.3 Å². The number of hydrogen-bond donors (Lipinski definition) is 5. The fourth-order valence-corrected chi connectivity index (χ4v) is 6.69. The maximum Gasteiger partial charge on any atom is 0.243 e. The van der Waals surface area contributed by atoms with E-state index < -0.39 is 30.1 Å². The molecule has 38 heavy (non-hydrogen) atoms. The molecule has 0 radical (unpaired) electrons. The molecule has 208 valence electrons. The molecular weight excluding hydrogens is 576 g/mol. The van der Waals surface area contributed by atoms with Crippen molar-refractivity contribution in [2.45, 2.75) is 14.7 Å². The molecule has 0 saturated carbocycles. The summed E-state index contributed by atoms with van der Waals surface area (Å²) in [6.07, 6.45) is 0. The summed E-state index contributed by atoms with van der Waals surface area (Å²) in [5.41, 5.74) is 18.0. The number of benzene rings is 3. The molecule has 0 atom stereocenters. The van der Waals surface area contributed by atoms with E-state index in [-0.39, 0.29) is 53.3 Å². The van der Waals surface area contributed by atoms with E-state index in [1.165, 1.54) is 72.8 Å². The summed E-state index contributed by atoms with van der Waals surface area (Å²) in [5, 5.41) is 0. The first-order valence-electron chi connectivity index (χ1n) is 10.9. The first kappa shape index (κ1) is 31.3. The lowest BCUT2D eigenvalue weighted by Crippen LogP contribution is -2.42. The summed E-state index contributed by atoms with van der Waals surface area (Å²) in [7, 11) is -12.0. The van der Waals surface area contributed by atoms with Crippen LogP contribution in [0, 0.1) is 0 Å². The zero-order valence-electron chi connectivity index (χ0n) is 20.0. The van der Waals surface area contributed by atoms with Crippen LogP contribution in [0.5, 0.6) is 0 Å². The Hall–Kier alpha value is -2.92. The number of hydrogen-bond acceptors (Lipinski definition) is 9. The van der Waals surface area contributed by atoms with Gasteiger partial charge in [0.1, 0.15) is 0 Å². The van der Waals surface area contributed by atoms with Gasteiger partial charge in [-0.05, 0) is 72.8 Å². The van der Waals surface area contributed by atoms with Gasteiger partial charge in [-0.25, -0.2) is 34.7 Å². The lowest BCUT2D eigenvalue weighted by Gasteiger charge is -2.23. The van der Waals surface area contributed by atoms with Crippen molar-refractivity contribution >= 4 is 59.5 Å². The number of nitrogens with two attached hydrogens (primary N) is 3. The average molecular weight is 605 g/mol. The quantitative estimate of drug-likeness (QED) is 0.185. The lowest BCUT2D eigenvalue weighted by atomic mass is 10.3. The van der Waals surface area contributed by atoms with E-state index in [1.807, 2.05) is 0 Å². The number of nitrogen functional groups attached to an aromatic ring is 3. The van der Waals surface area contributed by atoms with Crippen LogP contribution in [0.2, 0.25) is 0 Å². The van der Waals surface area contributed by atoms with Crippen LogP contribution in [0.15, 0.2) is 87.5 Å². The third-order valence-electron chi connectivity index (χ3n) is 5.21. The van der Waals surface area contributed by atoms with Gasteiger partial charge in [-0.15, -0.1) is 12.4 Å². The summed E-state index contributed by atoms with van der Waals surface area (Å²) in [6, 6.07) is 16.5. The SMILES string of the molecule is Cl.Nc1ccc(S(=O)(=O)NCCN(CCNS(=O)(=O)c2ccc(N)cc2)S(=O)(=O)c2ccc(N)cc2)cc1. The van der Waals surface area contributed by atoms with Crippen molar-refractivity contribution in [3.05, 3.63) is 72.8 Å².